The number of nitrogens with zero attached hydrogens (tertiary/aromatic N) is 1. The molecule has 3 atom stereocenters. The van der Waals surface area contributed by atoms with Crippen LogP contribution in [0.15, 0.2) is 24.3 Å². The molecule has 0 bridgehead atoms. The van der Waals surface area contributed by atoms with Crippen LogP contribution in [0.4, 0.5) is 13.2 Å². The summed E-state index contributed by atoms with van der Waals surface area (Å²) in [5.41, 5.74) is 0.474. The van der Waals surface area contributed by atoms with Crippen LogP contribution in [0.5, 0.6) is 5.75 Å². The number of halogens is 3. The third-order valence-electron chi connectivity index (χ3n) is 4.98. The van der Waals surface area contributed by atoms with Crippen LogP contribution in [0.2, 0.25) is 0 Å². The highest BCUT2D eigenvalue weighted by Crippen LogP contribution is 2.52. The average molecular weight is 356 g/mol. The minimum atomic E-state index is -4.72. The van der Waals surface area contributed by atoms with E-state index in [0.717, 1.165) is 32.5 Å². The van der Waals surface area contributed by atoms with Crippen LogP contribution in [0.1, 0.15) is 30.7 Å². The Morgan fingerprint density at radius 1 is 1.36 bits per heavy atom. The topological polar surface area (TPSA) is 41.6 Å². The predicted molar refractivity (Wildman–Crippen MR) is 87.2 cm³/mol. The second-order valence-electron chi connectivity index (χ2n) is 6.88. The molecule has 4 nitrogen and oxygen atoms in total. The van der Waals surface area contributed by atoms with Crippen molar-refractivity contribution in [3.63, 3.8) is 0 Å². The minimum Gasteiger partial charge on any atom is -0.405 e. The fourth-order valence-electron chi connectivity index (χ4n) is 3.77. The first kappa shape index (κ1) is 18.0. The van der Waals surface area contributed by atoms with Gasteiger partial charge in [0.1, 0.15) is 5.75 Å². The first-order valence-corrected chi connectivity index (χ1v) is 8.67. The SMILES string of the molecule is CNC[C@@H]1CCCN(C(=O)[C@@H]2C[C@@H]2c2ccccc2OC(F)(F)F)C1. The summed E-state index contributed by atoms with van der Waals surface area (Å²) in [5, 5.41) is 3.14. The van der Waals surface area contributed by atoms with E-state index in [1.54, 1.807) is 12.1 Å². The Bertz CT molecular complexity index is 619. The van der Waals surface area contributed by atoms with Crippen LogP contribution >= 0.6 is 0 Å². The van der Waals surface area contributed by atoms with E-state index in [-0.39, 0.29) is 23.5 Å². The van der Waals surface area contributed by atoms with E-state index in [4.69, 9.17) is 0 Å². The van der Waals surface area contributed by atoms with Gasteiger partial charge in [-0.05, 0) is 56.3 Å². The normalized spacial score (nSPS) is 26.4. The van der Waals surface area contributed by atoms with Crippen LogP contribution in [0.3, 0.4) is 0 Å². The molecule has 0 spiro atoms. The van der Waals surface area contributed by atoms with Gasteiger partial charge in [0.15, 0.2) is 0 Å². The van der Waals surface area contributed by atoms with Gasteiger partial charge in [-0.15, -0.1) is 13.2 Å². The van der Waals surface area contributed by atoms with Gasteiger partial charge in [0.2, 0.25) is 5.91 Å². The number of alkyl halides is 3. The fraction of sp³-hybridized carbons (Fsp3) is 0.611. The van der Waals surface area contributed by atoms with Crippen molar-refractivity contribution in [3.05, 3.63) is 29.8 Å². The van der Waals surface area contributed by atoms with Gasteiger partial charge in [0, 0.05) is 19.0 Å². The molecule has 2 aliphatic rings. The molecule has 1 aromatic rings. The lowest BCUT2D eigenvalue weighted by molar-refractivity contribution is -0.274. The third-order valence-corrected chi connectivity index (χ3v) is 4.98. The van der Waals surface area contributed by atoms with E-state index >= 15 is 0 Å². The Hall–Kier alpha value is -1.76. The summed E-state index contributed by atoms with van der Waals surface area (Å²) in [5.74, 6) is -0.0996. The van der Waals surface area contributed by atoms with E-state index in [1.165, 1.54) is 12.1 Å². The summed E-state index contributed by atoms with van der Waals surface area (Å²) in [6.07, 6.45) is -2.06. The lowest BCUT2D eigenvalue weighted by atomic mass is 9.97. The zero-order valence-electron chi connectivity index (χ0n) is 14.2. The number of hydrogen-bond acceptors (Lipinski definition) is 3. The molecule has 25 heavy (non-hydrogen) atoms. The van der Waals surface area contributed by atoms with Crippen molar-refractivity contribution in [2.24, 2.45) is 11.8 Å². The van der Waals surface area contributed by atoms with Gasteiger partial charge in [0.05, 0.1) is 0 Å². The van der Waals surface area contributed by atoms with E-state index in [1.807, 2.05) is 11.9 Å². The van der Waals surface area contributed by atoms with Crippen molar-refractivity contribution in [3.8, 4) is 5.75 Å². The summed E-state index contributed by atoms with van der Waals surface area (Å²) in [4.78, 5) is 14.6. The van der Waals surface area contributed by atoms with Crippen LogP contribution in [0, 0.1) is 11.8 Å². The number of likely N-dealkylation sites (tertiary alicyclic amines) is 1. The van der Waals surface area contributed by atoms with E-state index < -0.39 is 6.36 Å². The number of ether oxygens (including phenoxy) is 1. The maximum atomic E-state index is 12.7. The molecule has 2 fully saturated rings. The van der Waals surface area contributed by atoms with Crippen molar-refractivity contribution in [1.29, 1.82) is 0 Å². The standard InChI is InChI=1S/C18H23F3N2O2/c1-22-10-12-5-4-8-23(11-12)17(24)15-9-14(15)13-6-2-3-7-16(13)25-18(19,20)21/h2-3,6-7,12,14-15,22H,4-5,8-11H2,1H3/t12-,14+,15+/m0/s1. The summed E-state index contributed by atoms with van der Waals surface area (Å²) in [7, 11) is 1.90. The summed E-state index contributed by atoms with van der Waals surface area (Å²) in [6, 6.07) is 6.13. The van der Waals surface area contributed by atoms with Crippen LogP contribution in [0.25, 0.3) is 0 Å². The summed E-state index contributed by atoms with van der Waals surface area (Å²) >= 11 is 0. The highest BCUT2D eigenvalue weighted by Gasteiger charge is 2.48. The van der Waals surface area contributed by atoms with Crippen LogP contribution < -0.4 is 10.1 Å². The third kappa shape index (κ3) is 4.45. The lowest BCUT2D eigenvalue weighted by Crippen LogP contribution is -2.43. The highest BCUT2D eigenvalue weighted by molar-refractivity contribution is 5.83. The first-order valence-electron chi connectivity index (χ1n) is 8.67. The highest BCUT2D eigenvalue weighted by atomic mass is 19.4. The number of rotatable bonds is 5. The van der Waals surface area contributed by atoms with Crippen LogP contribution in [-0.4, -0.2) is 43.9 Å². The zero-order chi connectivity index (χ0) is 18.0. The van der Waals surface area contributed by atoms with E-state index in [2.05, 4.69) is 10.1 Å². The van der Waals surface area contributed by atoms with Crippen molar-refractivity contribution in [2.75, 3.05) is 26.7 Å². The Labute approximate surface area is 145 Å². The quantitative estimate of drug-likeness (QED) is 0.881. The molecule has 7 heteroatoms. The largest absolute Gasteiger partial charge is 0.573 e. The lowest BCUT2D eigenvalue weighted by Gasteiger charge is -2.33. The van der Waals surface area contributed by atoms with Gasteiger partial charge in [-0.25, -0.2) is 0 Å². The Kier molecular flexibility index (Phi) is 5.22. The van der Waals surface area contributed by atoms with Crippen molar-refractivity contribution >= 4 is 5.91 Å². The molecule has 1 saturated heterocycles. The number of amides is 1. The number of carbonyl (C=O) groups is 1. The van der Waals surface area contributed by atoms with E-state index in [0.29, 0.717) is 17.9 Å². The van der Waals surface area contributed by atoms with Gasteiger partial charge >= 0.3 is 6.36 Å². The maximum Gasteiger partial charge on any atom is 0.573 e. The van der Waals surface area contributed by atoms with Gasteiger partial charge < -0.3 is 15.0 Å². The smallest absolute Gasteiger partial charge is 0.405 e. The Morgan fingerprint density at radius 3 is 2.84 bits per heavy atom. The molecule has 1 N–H and O–H groups in total. The summed E-state index contributed by atoms with van der Waals surface area (Å²) < 4.78 is 41.8. The van der Waals surface area contributed by atoms with Gasteiger partial charge in [-0.1, -0.05) is 18.2 Å². The summed E-state index contributed by atoms with van der Waals surface area (Å²) in [6.45, 7) is 2.34. The zero-order valence-corrected chi connectivity index (χ0v) is 14.2. The van der Waals surface area contributed by atoms with Gasteiger partial charge in [0.25, 0.3) is 0 Å². The Balaban J connectivity index is 1.65. The van der Waals surface area contributed by atoms with Crippen LogP contribution in [-0.2, 0) is 4.79 Å². The minimum absolute atomic E-state index is 0.0626. The number of hydrogen-bond donors (Lipinski definition) is 1. The number of nitrogens with one attached hydrogen (secondary N) is 1. The molecule has 0 aromatic heterocycles. The second-order valence-corrected chi connectivity index (χ2v) is 6.88. The molecule has 1 aromatic carbocycles. The molecule has 0 unspecified atom stereocenters. The number of piperidine rings is 1. The molecule has 138 valence electrons. The second kappa shape index (κ2) is 7.23. The molecule has 1 aliphatic carbocycles. The van der Waals surface area contributed by atoms with Gasteiger partial charge in [-0.2, -0.15) is 0 Å². The van der Waals surface area contributed by atoms with E-state index in [9.17, 15) is 18.0 Å². The molecule has 1 amide bonds. The molecular formula is C18H23F3N2O2. The molecule has 1 saturated carbocycles. The monoisotopic (exact) mass is 356 g/mol. The molecule has 1 heterocycles. The molecular weight excluding hydrogens is 333 g/mol. The van der Waals surface area contributed by atoms with Gasteiger partial charge in [-0.3, -0.25) is 4.79 Å². The Morgan fingerprint density at radius 2 is 2.12 bits per heavy atom. The first-order chi connectivity index (χ1) is 11.9. The molecule has 3 rings (SSSR count). The molecule has 1 aliphatic heterocycles. The molecule has 0 radical (unpaired) electrons. The predicted octanol–water partition coefficient (Wildman–Crippen LogP) is 3.15. The number of para-hydroxylation sites is 1. The fourth-order valence-corrected chi connectivity index (χ4v) is 3.77. The average Bonchev–Trinajstić information content (AvgIpc) is 3.34. The number of carbonyl (C=O) groups excluding carboxylic acids is 1. The maximum absolute atomic E-state index is 12.7. The van der Waals surface area contributed by atoms with Crippen molar-refractivity contribution in [2.45, 2.75) is 31.5 Å². The van der Waals surface area contributed by atoms with Crippen molar-refractivity contribution in [1.82, 2.24) is 10.2 Å². The van der Waals surface area contributed by atoms with Crippen molar-refractivity contribution < 1.29 is 22.7 Å². The number of benzene rings is 1.